The zero-order valence-corrected chi connectivity index (χ0v) is 14.4. The minimum atomic E-state index is -0.949. The van der Waals surface area contributed by atoms with Gasteiger partial charge in [0.25, 0.3) is 5.69 Å². The van der Waals surface area contributed by atoms with Crippen LogP contribution in [0.4, 0.5) is 5.69 Å². The van der Waals surface area contributed by atoms with Crippen LogP contribution in [0.3, 0.4) is 0 Å². The molecule has 0 saturated carbocycles. The number of carbonyl (C=O) groups is 3. The monoisotopic (exact) mass is 373 g/mol. The van der Waals surface area contributed by atoms with Crippen molar-refractivity contribution >= 4 is 23.2 Å². The predicted molar refractivity (Wildman–Crippen MR) is 92.3 cm³/mol. The number of esters is 1. The fourth-order valence-electron chi connectivity index (χ4n) is 2.37. The standard InChI is InChI=1S/C18H15NO8/c1-3-27-18(24)14-7-10(6-12(9(2)20)17(14)23)16(22)13-8-11(19(25)26)4-5-15(13)21/h4-8,21,23H,3H2,1-2H3. The number of Topliss-reactive ketones (excluding diaryl/α,β-unsaturated/α-hetero) is 1. The van der Waals surface area contributed by atoms with Gasteiger partial charge >= 0.3 is 5.97 Å². The number of hydrogen-bond donors (Lipinski definition) is 2. The van der Waals surface area contributed by atoms with E-state index in [-0.39, 0.29) is 23.3 Å². The van der Waals surface area contributed by atoms with E-state index in [1.165, 1.54) is 6.92 Å². The molecule has 27 heavy (non-hydrogen) atoms. The highest BCUT2D eigenvalue weighted by atomic mass is 16.6. The molecule has 0 aliphatic rings. The van der Waals surface area contributed by atoms with Crippen LogP contribution in [0.25, 0.3) is 0 Å². The van der Waals surface area contributed by atoms with Crippen LogP contribution in [-0.4, -0.2) is 39.3 Å². The number of non-ortho nitro benzene ring substituents is 1. The number of hydrogen-bond acceptors (Lipinski definition) is 8. The summed E-state index contributed by atoms with van der Waals surface area (Å²) in [5, 5.41) is 30.9. The molecular weight excluding hydrogens is 358 g/mol. The number of nitro benzene ring substituents is 1. The van der Waals surface area contributed by atoms with E-state index in [4.69, 9.17) is 4.74 Å². The molecule has 9 heteroatoms. The van der Waals surface area contributed by atoms with Gasteiger partial charge in [0, 0.05) is 17.7 Å². The van der Waals surface area contributed by atoms with Gasteiger partial charge in [-0.25, -0.2) is 4.79 Å². The number of carbonyl (C=O) groups excluding carboxylic acids is 3. The van der Waals surface area contributed by atoms with Crippen molar-refractivity contribution in [2.75, 3.05) is 6.61 Å². The van der Waals surface area contributed by atoms with Crippen molar-refractivity contribution in [3.8, 4) is 11.5 Å². The number of ketones is 2. The summed E-state index contributed by atoms with van der Waals surface area (Å²) in [7, 11) is 0. The highest BCUT2D eigenvalue weighted by Gasteiger charge is 2.24. The van der Waals surface area contributed by atoms with Crippen LogP contribution in [0.5, 0.6) is 11.5 Å². The lowest BCUT2D eigenvalue weighted by atomic mass is 9.95. The third-order valence-corrected chi connectivity index (χ3v) is 3.68. The molecule has 140 valence electrons. The van der Waals surface area contributed by atoms with Gasteiger partial charge in [-0.15, -0.1) is 0 Å². The van der Waals surface area contributed by atoms with Crippen LogP contribution in [0.2, 0.25) is 0 Å². The maximum Gasteiger partial charge on any atom is 0.341 e. The lowest BCUT2D eigenvalue weighted by Crippen LogP contribution is -2.11. The van der Waals surface area contributed by atoms with E-state index in [1.54, 1.807) is 0 Å². The molecule has 2 aromatic rings. The van der Waals surface area contributed by atoms with E-state index < -0.39 is 45.2 Å². The van der Waals surface area contributed by atoms with Gasteiger partial charge in [0.1, 0.15) is 17.1 Å². The smallest absolute Gasteiger partial charge is 0.341 e. The first kappa shape index (κ1) is 19.6. The van der Waals surface area contributed by atoms with Gasteiger partial charge in [0.05, 0.1) is 22.7 Å². The van der Waals surface area contributed by atoms with E-state index in [1.807, 2.05) is 0 Å². The number of nitrogens with zero attached hydrogens (tertiary/aromatic N) is 1. The number of aromatic hydroxyl groups is 2. The topological polar surface area (TPSA) is 144 Å². The van der Waals surface area contributed by atoms with Gasteiger partial charge < -0.3 is 14.9 Å². The van der Waals surface area contributed by atoms with E-state index in [0.29, 0.717) is 0 Å². The minimum absolute atomic E-state index is 0.00246. The molecule has 0 unspecified atom stereocenters. The molecule has 0 aromatic heterocycles. The molecular formula is C18H15NO8. The van der Waals surface area contributed by atoms with Crippen LogP contribution in [0.15, 0.2) is 30.3 Å². The van der Waals surface area contributed by atoms with Crippen molar-refractivity contribution in [3.63, 3.8) is 0 Å². The highest BCUT2D eigenvalue weighted by molar-refractivity contribution is 6.14. The second-order valence-corrected chi connectivity index (χ2v) is 5.48. The van der Waals surface area contributed by atoms with Crippen LogP contribution >= 0.6 is 0 Å². The molecule has 0 spiro atoms. The molecule has 0 atom stereocenters. The first-order chi connectivity index (χ1) is 12.7. The molecule has 0 bridgehead atoms. The molecule has 0 amide bonds. The zero-order chi connectivity index (χ0) is 20.3. The second-order valence-electron chi connectivity index (χ2n) is 5.48. The molecule has 2 aromatic carbocycles. The second kappa shape index (κ2) is 7.65. The number of rotatable bonds is 6. The average molecular weight is 373 g/mol. The van der Waals surface area contributed by atoms with Gasteiger partial charge in [0.15, 0.2) is 11.6 Å². The fraction of sp³-hybridized carbons (Fsp3) is 0.167. The van der Waals surface area contributed by atoms with Crippen molar-refractivity contribution in [2.45, 2.75) is 13.8 Å². The Kier molecular flexibility index (Phi) is 5.54. The molecule has 0 saturated heterocycles. The van der Waals surface area contributed by atoms with Crippen molar-refractivity contribution < 1.29 is 34.3 Å². The first-order valence-electron chi connectivity index (χ1n) is 7.74. The lowest BCUT2D eigenvalue weighted by Gasteiger charge is -2.11. The van der Waals surface area contributed by atoms with Crippen molar-refractivity contribution in [3.05, 3.63) is 62.7 Å². The van der Waals surface area contributed by atoms with Gasteiger partial charge in [-0.3, -0.25) is 19.7 Å². The summed E-state index contributed by atoms with van der Waals surface area (Å²) in [6.45, 7) is 2.66. The molecule has 0 aliphatic heterocycles. The molecule has 2 N–H and O–H groups in total. The van der Waals surface area contributed by atoms with Crippen molar-refractivity contribution in [2.24, 2.45) is 0 Å². The summed E-state index contributed by atoms with van der Waals surface area (Å²) in [6.07, 6.45) is 0. The van der Waals surface area contributed by atoms with Crippen LogP contribution < -0.4 is 0 Å². The number of phenols is 2. The van der Waals surface area contributed by atoms with Gasteiger partial charge in [0.2, 0.25) is 0 Å². The zero-order valence-electron chi connectivity index (χ0n) is 14.4. The fourth-order valence-corrected chi connectivity index (χ4v) is 2.37. The first-order valence-corrected chi connectivity index (χ1v) is 7.74. The van der Waals surface area contributed by atoms with E-state index in [0.717, 1.165) is 37.3 Å². The molecule has 0 heterocycles. The van der Waals surface area contributed by atoms with Crippen LogP contribution in [-0.2, 0) is 4.74 Å². The largest absolute Gasteiger partial charge is 0.507 e. The molecule has 9 nitrogen and oxygen atoms in total. The average Bonchev–Trinajstić information content (AvgIpc) is 2.61. The number of phenolic OH excluding ortho intramolecular Hbond substituents is 2. The predicted octanol–water partition coefficient (Wildman–Crippen LogP) is 2.62. The third-order valence-electron chi connectivity index (χ3n) is 3.68. The molecule has 0 aliphatic carbocycles. The van der Waals surface area contributed by atoms with Crippen LogP contribution in [0.1, 0.15) is 50.5 Å². The summed E-state index contributed by atoms with van der Waals surface area (Å²) in [5.41, 5.74) is -1.74. The van der Waals surface area contributed by atoms with Gasteiger partial charge in [-0.2, -0.15) is 0 Å². The minimum Gasteiger partial charge on any atom is -0.507 e. The normalized spacial score (nSPS) is 10.3. The summed E-state index contributed by atoms with van der Waals surface area (Å²) in [6, 6.07) is 4.93. The Bertz CT molecular complexity index is 964. The number of ether oxygens (including phenoxy) is 1. The van der Waals surface area contributed by atoms with Gasteiger partial charge in [-0.05, 0) is 32.0 Å². The van der Waals surface area contributed by atoms with Crippen molar-refractivity contribution in [1.29, 1.82) is 0 Å². The SMILES string of the molecule is CCOC(=O)c1cc(C(=O)c2cc([N+](=O)[O-])ccc2O)cc(C(C)=O)c1O. The Labute approximate surface area is 153 Å². The Morgan fingerprint density at radius 2 is 1.70 bits per heavy atom. The number of nitro groups is 1. The van der Waals surface area contributed by atoms with E-state index in [9.17, 15) is 34.7 Å². The van der Waals surface area contributed by atoms with Crippen LogP contribution in [0, 0.1) is 10.1 Å². The van der Waals surface area contributed by atoms with E-state index >= 15 is 0 Å². The van der Waals surface area contributed by atoms with Gasteiger partial charge in [-0.1, -0.05) is 0 Å². The molecule has 0 radical (unpaired) electrons. The lowest BCUT2D eigenvalue weighted by molar-refractivity contribution is -0.384. The Morgan fingerprint density at radius 3 is 2.26 bits per heavy atom. The highest BCUT2D eigenvalue weighted by Crippen LogP contribution is 2.30. The maximum absolute atomic E-state index is 12.7. The summed E-state index contributed by atoms with van der Waals surface area (Å²) in [4.78, 5) is 46.7. The van der Waals surface area contributed by atoms with Crippen molar-refractivity contribution in [1.82, 2.24) is 0 Å². The third kappa shape index (κ3) is 3.92. The molecule has 0 fully saturated rings. The summed E-state index contributed by atoms with van der Waals surface area (Å²) >= 11 is 0. The Balaban J connectivity index is 2.66. The number of benzene rings is 2. The molecule has 2 rings (SSSR count). The Hall–Kier alpha value is -3.75. The summed E-state index contributed by atoms with van der Waals surface area (Å²) < 4.78 is 4.80. The maximum atomic E-state index is 12.7. The quantitative estimate of drug-likeness (QED) is 0.340. The van der Waals surface area contributed by atoms with E-state index in [2.05, 4.69) is 0 Å². The Morgan fingerprint density at radius 1 is 1.07 bits per heavy atom. The summed E-state index contributed by atoms with van der Waals surface area (Å²) in [5.74, 6) is -3.59.